The lowest BCUT2D eigenvalue weighted by Crippen LogP contribution is -2.51. The molecule has 0 fully saturated rings. The van der Waals surface area contributed by atoms with Crippen LogP contribution in [0.15, 0.2) is 70.2 Å². The molecule has 1 atom stereocenters. The van der Waals surface area contributed by atoms with Gasteiger partial charge in [-0.1, -0.05) is 42.5 Å². The number of urea groups is 1. The van der Waals surface area contributed by atoms with Crippen LogP contribution in [0.2, 0.25) is 0 Å². The number of carboxylic acid groups (broad SMARTS) is 1. The van der Waals surface area contributed by atoms with Crippen molar-refractivity contribution in [1.29, 1.82) is 0 Å². The van der Waals surface area contributed by atoms with Gasteiger partial charge in [0.15, 0.2) is 5.76 Å². The summed E-state index contributed by atoms with van der Waals surface area (Å²) in [6.45, 7) is -0.0191. The molecule has 0 bridgehead atoms. The standard InChI is InChI=1S/C22H16N4O6/c27-17-12-23-18(19-24-11-16(32-19)14-4-2-1-3-5-14)20(28)26(17)22(31)25-10-13-6-8-15(9-7-13)21(29)30/h1-9,11-12,18H,10H2,(H,25,31)(H,29,30). The molecule has 4 amide bonds. The Balaban J connectivity index is 1.47. The van der Waals surface area contributed by atoms with Gasteiger partial charge in [-0.15, -0.1) is 0 Å². The van der Waals surface area contributed by atoms with Gasteiger partial charge >= 0.3 is 12.0 Å². The number of hydrogen-bond acceptors (Lipinski definition) is 7. The van der Waals surface area contributed by atoms with Crippen LogP contribution in [-0.2, 0) is 16.1 Å². The van der Waals surface area contributed by atoms with Gasteiger partial charge in [-0.25, -0.2) is 14.6 Å². The SMILES string of the molecule is O=C(O)c1ccc(CNC(=O)N2C(=O)C=NC(c3ncc(-c4ccccc4)o3)C2=O)cc1. The van der Waals surface area contributed by atoms with Crippen LogP contribution in [0.5, 0.6) is 0 Å². The molecule has 2 N–H and O–H groups in total. The summed E-state index contributed by atoms with van der Waals surface area (Å²) >= 11 is 0. The number of carbonyl (C=O) groups is 4. The molecule has 160 valence electrons. The Morgan fingerprint density at radius 1 is 1.06 bits per heavy atom. The maximum Gasteiger partial charge on any atom is 0.335 e. The second-order valence-electron chi connectivity index (χ2n) is 6.78. The Labute approximate surface area is 181 Å². The van der Waals surface area contributed by atoms with Crippen molar-refractivity contribution in [2.45, 2.75) is 12.6 Å². The summed E-state index contributed by atoms with van der Waals surface area (Å²) in [6.07, 6.45) is 2.31. The highest BCUT2D eigenvalue weighted by Crippen LogP contribution is 2.27. The van der Waals surface area contributed by atoms with Gasteiger partial charge in [0.1, 0.15) is 0 Å². The van der Waals surface area contributed by atoms with E-state index in [4.69, 9.17) is 9.52 Å². The maximum atomic E-state index is 12.8. The van der Waals surface area contributed by atoms with E-state index in [9.17, 15) is 19.2 Å². The van der Waals surface area contributed by atoms with Crippen LogP contribution >= 0.6 is 0 Å². The zero-order valence-corrected chi connectivity index (χ0v) is 16.5. The van der Waals surface area contributed by atoms with Crippen LogP contribution in [0.3, 0.4) is 0 Å². The minimum atomic E-state index is -1.27. The van der Waals surface area contributed by atoms with E-state index in [-0.39, 0.29) is 18.0 Å². The summed E-state index contributed by atoms with van der Waals surface area (Å²) in [7, 11) is 0. The van der Waals surface area contributed by atoms with Crippen molar-refractivity contribution in [2.75, 3.05) is 0 Å². The summed E-state index contributed by atoms with van der Waals surface area (Å²) in [6, 6.07) is 12.7. The number of aromatic nitrogens is 1. The lowest BCUT2D eigenvalue weighted by molar-refractivity contribution is -0.139. The first-order valence-electron chi connectivity index (χ1n) is 9.46. The van der Waals surface area contributed by atoms with Gasteiger partial charge in [-0.3, -0.25) is 14.6 Å². The highest BCUT2D eigenvalue weighted by molar-refractivity contribution is 6.36. The smallest absolute Gasteiger partial charge is 0.335 e. The largest absolute Gasteiger partial charge is 0.478 e. The molecular formula is C22H16N4O6. The van der Waals surface area contributed by atoms with Crippen molar-refractivity contribution in [3.63, 3.8) is 0 Å². The van der Waals surface area contributed by atoms with E-state index in [0.717, 1.165) is 11.8 Å². The molecule has 0 saturated heterocycles. The van der Waals surface area contributed by atoms with Crippen molar-refractivity contribution < 1.29 is 28.7 Å². The fourth-order valence-corrected chi connectivity index (χ4v) is 3.03. The lowest BCUT2D eigenvalue weighted by Gasteiger charge is -2.23. The first kappa shape index (κ1) is 20.7. The normalized spacial score (nSPS) is 15.6. The molecule has 1 unspecified atom stereocenters. The van der Waals surface area contributed by atoms with E-state index in [2.05, 4.69) is 15.3 Å². The number of carboxylic acids is 1. The Morgan fingerprint density at radius 2 is 1.78 bits per heavy atom. The van der Waals surface area contributed by atoms with Crippen LogP contribution in [0.25, 0.3) is 11.3 Å². The Morgan fingerprint density at radius 3 is 2.47 bits per heavy atom. The fraction of sp³-hybridized carbons (Fsp3) is 0.0909. The summed E-state index contributed by atoms with van der Waals surface area (Å²) in [4.78, 5) is 56.8. The second kappa shape index (κ2) is 8.64. The summed E-state index contributed by atoms with van der Waals surface area (Å²) < 4.78 is 5.64. The average molecular weight is 432 g/mol. The molecule has 4 rings (SSSR count). The van der Waals surface area contributed by atoms with Gasteiger partial charge in [0, 0.05) is 12.1 Å². The van der Waals surface area contributed by atoms with Gasteiger partial charge in [0.25, 0.3) is 11.8 Å². The van der Waals surface area contributed by atoms with Gasteiger partial charge < -0.3 is 14.8 Å². The average Bonchev–Trinajstić information content (AvgIpc) is 3.28. The van der Waals surface area contributed by atoms with Gasteiger partial charge in [-0.05, 0) is 17.7 Å². The molecule has 0 spiro atoms. The molecule has 32 heavy (non-hydrogen) atoms. The van der Waals surface area contributed by atoms with Crippen molar-refractivity contribution in [3.8, 4) is 11.3 Å². The zero-order valence-electron chi connectivity index (χ0n) is 16.5. The topological polar surface area (TPSA) is 142 Å². The number of hydrogen-bond donors (Lipinski definition) is 2. The minimum Gasteiger partial charge on any atom is -0.478 e. The Hall–Kier alpha value is -4.60. The molecule has 3 aromatic rings. The highest BCUT2D eigenvalue weighted by atomic mass is 16.4. The predicted molar refractivity (Wildman–Crippen MR) is 111 cm³/mol. The molecule has 10 heteroatoms. The summed E-state index contributed by atoms with van der Waals surface area (Å²) in [5.41, 5.74) is 1.44. The van der Waals surface area contributed by atoms with Crippen molar-refractivity contribution in [2.24, 2.45) is 4.99 Å². The first-order chi connectivity index (χ1) is 15.4. The Kier molecular flexibility index (Phi) is 5.58. The number of nitrogens with one attached hydrogen (secondary N) is 1. The van der Waals surface area contributed by atoms with Crippen molar-refractivity contribution >= 4 is 30.0 Å². The van der Waals surface area contributed by atoms with Crippen molar-refractivity contribution in [3.05, 3.63) is 77.8 Å². The zero-order chi connectivity index (χ0) is 22.7. The fourth-order valence-electron chi connectivity index (χ4n) is 3.03. The summed E-state index contributed by atoms with van der Waals surface area (Å²) in [5, 5.41) is 11.4. The minimum absolute atomic E-state index is 0.0191. The monoisotopic (exact) mass is 432 g/mol. The van der Waals surface area contributed by atoms with Gasteiger partial charge in [0.05, 0.1) is 18.0 Å². The number of benzene rings is 2. The van der Waals surface area contributed by atoms with Crippen LogP contribution in [0.1, 0.15) is 27.9 Å². The number of aromatic carboxylic acids is 1. The van der Waals surface area contributed by atoms with E-state index in [0.29, 0.717) is 16.2 Å². The number of imide groups is 3. The molecule has 0 saturated carbocycles. The van der Waals surface area contributed by atoms with Crippen molar-refractivity contribution in [1.82, 2.24) is 15.2 Å². The molecule has 1 aliphatic rings. The molecule has 2 heterocycles. The van der Waals surface area contributed by atoms with E-state index in [1.165, 1.54) is 30.5 Å². The van der Waals surface area contributed by atoms with E-state index >= 15 is 0 Å². The van der Waals surface area contributed by atoms with Crippen LogP contribution in [0, 0.1) is 0 Å². The van der Waals surface area contributed by atoms with E-state index in [1.54, 1.807) is 0 Å². The van der Waals surface area contributed by atoms with E-state index in [1.807, 2.05) is 30.3 Å². The van der Waals surface area contributed by atoms with Crippen LogP contribution < -0.4 is 5.32 Å². The number of nitrogens with zero attached hydrogens (tertiary/aromatic N) is 3. The molecule has 1 aliphatic heterocycles. The number of carbonyl (C=O) groups excluding carboxylic acids is 3. The lowest BCUT2D eigenvalue weighted by atomic mass is 10.1. The van der Waals surface area contributed by atoms with Gasteiger partial charge in [-0.2, -0.15) is 4.90 Å². The molecule has 0 radical (unpaired) electrons. The molecule has 0 aliphatic carbocycles. The third-order valence-corrected chi connectivity index (χ3v) is 4.67. The third kappa shape index (κ3) is 4.15. The number of oxazole rings is 1. The molecular weight excluding hydrogens is 416 g/mol. The van der Waals surface area contributed by atoms with Gasteiger partial charge in [0.2, 0.25) is 11.9 Å². The number of rotatable bonds is 5. The highest BCUT2D eigenvalue weighted by Gasteiger charge is 2.39. The van der Waals surface area contributed by atoms with E-state index < -0.39 is 29.9 Å². The first-order valence-corrected chi connectivity index (χ1v) is 9.46. The number of amides is 4. The summed E-state index contributed by atoms with van der Waals surface area (Å²) in [5.74, 6) is -2.48. The van der Waals surface area contributed by atoms with Crippen LogP contribution in [0.4, 0.5) is 4.79 Å². The quantitative estimate of drug-likeness (QED) is 0.590. The molecule has 1 aromatic heterocycles. The maximum absolute atomic E-state index is 12.8. The second-order valence-corrected chi connectivity index (χ2v) is 6.78. The number of aliphatic imine (C=N–C) groups is 1. The molecule has 2 aromatic carbocycles. The molecule has 10 nitrogen and oxygen atoms in total. The predicted octanol–water partition coefficient (Wildman–Crippen LogP) is 2.43. The Bertz CT molecular complexity index is 1220. The third-order valence-electron chi connectivity index (χ3n) is 4.67. The van der Waals surface area contributed by atoms with Crippen LogP contribution in [-0.4, -0.2) is 45.0 Å².